The van der Waals surface area contributed by atoms with E-state index in [2.05, 4.69) is 27.9 Å². The van der Waals surface area contributed by atoms with E-state index in [0.717, 1.165) is 3.57 Å². The Kier molecular flexibility index (Phi) is 5.37. The van der Waals surface area contributed by atoms with Crippen LogP contribution in [0.5, 0.6) is 5.75 Å². The predicted octanol–water partition coefficient (Wildman–Crippen LogP) is 2.72. The monoisotopic (exact) mass is 410 g/mol. The number of benzene rings is 2. The van der Waals surface area contributed by atoms with Crippen LogP contribution >= 0.6 is 22.6 Å². The number of nitrogens with two attached hydrogens (primary N) is 1. The zero-order chi connectivity index (χ0) is 16.1. The van der Waals surface area contributed by atoms with Crippen molar-refractivity contribution in [1.29, 1.82) is 0 Å². The van der Waals surface area contributed by atoms with Crippen molar-refractivity contribution in [3.8, 4) is 5.75 Å². The summed E-state index contributed by atoms with van der Waals surface area (Å²) >= 11 is 2.20. The minimum atomic E-state index is -0.489. The summed E-state index contributed by atoms with van der Waals surface area (Å²) in [5, 5.41) is 2.71. The van der Waals surface area contributed by atoms with Gasteiger partial charge in [0.15, 0.2) is 6.61 Å². The molecular weight excluding hydrogens is 395 g/mol. The molecule has 22 heavy (non-hydrogen) atoms. The molecule has 0 unspecified atom stereocenters. The summed E-state index contributed by atoms with van der Waals surface area (Å²) in [4.78, 5) is 23.0. The van der Waals surface area contributed by atoms with E-state index < -0.39 is 5.91 Å². The first-order valence-corrected chi connectivity index (χ1v) is 7.62. The predicted molar refractivity (Wildman–Crippen MR) is 93.0 cm³/mol. The lowest BCUT2D eigenvalue weighted by Crippen LogP contribution is -2.20. The van der Waals surface area contributed by atoms with Gasteiger partial charge in [0.25, 0.3) is 5.91 Å². The molecule has 2 amide bonds. The molecule has 0 aromatic heterocycles. The number of ether oxygens (including phenoxy) is 1. The van der Waals surface area contributed by atoms with Crippen LogP contribution in [0.25, 0.3) is 0 Å². The number of anilines is 1. The number of aryl methyl sites for hydroxylation is 1. The van der Waals surface area contributed by atoms with Gasteiger partial charge in [-0.1, -0.05) is 0 Å². The third-order valence-corrected chi connectivity index (χ3v) is 3.68. The van der Waals surface area contributed by atoms with Gasteiger partial charge in [-0.2, -0.15) is 0 Å². The van der Waals surface area contributed by atoms with Gasteiger partial charge in [-0.05, 0) is 77.5 Å². The van der Waals surface area contributed by atoms with Crippen molar-refractivity contribution < 1.29 is 14.3 Å². The van der Waals surface area contributed by atoms with Crippen LogP contribution in [0.2, 0.25) is 0 Å². The van der Waals surface area contributed by atoms with Crippen molar-refractivity contribution in [2.75, 3.05) is 11.9 Å². The van der Waals surface area contributed by atoms with Crippen LogP contribution in [0.4, 0.5) is 5.69 Å². The minimum absolute atomic E-state index is 0.0861. The highest BCUT2D eigenvalue weighted by molar-refractivity contribution is 14.1. The lowest BCUT2D eigenvalue weighted by molar-refractivity contribution is -0.118. The average molecular weight is 410 g/mol. The lowest BCUT2D eigenvalue weighted by Gasteiger charge is -2.09. The van der Waals surface area contributed by atoms with Gasteiger partial charge in [0, 0.05) is 14.8 Å². The molecule has 0 saturated carbocycles. The van der Waals surface area contributed by atoms with Gasteiger partial charge >= 0.3 is 0 Å². The Morgan fingerprint density at radius 2 is 1.86 bits per heavy atom. The van der Waals surface area contributed by atoms with E-state index in [1.54, 1.807) is 37.3 Å². The summed E-state index contributed by atoms with van der Waals surface area (Å²) in [7, 11) is 0. The van der Waals surface area contributed by atoms with Gasteiger partial charge in [-0.25, -0.2) is 0 Å². The molecule has 2 aromatic carbocycles. The molecule has 0 aliphatic carbocycles. The third kappa shape index (κ3) is 4.45. The van der Waals surface area contributed by atoms with Crippen molar-refractivity contribution in [1.82, 2.24) is 0 Å². The molecule has 0 bridgehead atoms. The van der Waals surface area contributed by atoms with E-state index in [9.17, 15) is 9.59 Å². The van der Waals surface area contributed by atoms with Crippen molar-refractivity contribution >= 4 is 40.1 Å². The number of primary amides is 1. The Morgan fingerprint density at radius 1 is 1.18 bits per heavy atom. The molecule has 6 heteroatoms. The zero-order valence-electron chi connectivity index (χ0n) is 11.9. The smallest absolute Gasteiger partial charge is 0.262 e. The van der Waals surface area contributed by atoms with Crippen LogP contribution in [-0.4, -0.2) is 18.4 Å². The van der Waals surface area contributed by atoms with Crippen molar-refractivity contribution in [2.24, 2.45) is 5.73 Å². The number of nitrogens with one attached hydrogen (secondary N) is 1. The highest BCUT2D eigenvalue weighted by Crippen LogP contribution is 2.16. The summed E-state index contributed by atoms with van der Waals surface area (Å²) in [6.07, 6.45) is 0. The molecule has 5 nitrogen and oxygen atoms in total. The van der Waals surface area contributed by atoms with E-state index in [-0.39, 0.29) is 12.5 Å². The van der Waals surface area contributed by atoms with Crippen LogP contribution in [-0.2, 0) is 4.79 Å². The molecule has 114 valence electrons. The number of hydrogen-bond acceptors (Lipinski definition) is 3. The molecule has 2 rings (SSSR count). The second-order valence-electron chi connectivity index (χ2n) is 4.68. The lowest BCUT2D eigenvalue weighted by atomic mass is 10.1. The number of amides is 2. The van der Waals surface area contributed by atoms with Gasteiger partial charge in [-0.15, -0.1) is 0 Å². The maximum atomic E-state index is 11.9. The fraction of sp³-hybridized carbons (Fsp3) is 0.125. The van der Waals surface area contributed by atoms with Crippen molar-refractivity contribution in [2.45, 2.75) is 6.92 Å². The summed E-state index contributed by atoms with van der Waals surface area (Å²) in [6, 6.07) is 12.3. The molecule has 3 N–H and O–H groups in total. The Morgan fingerprint density at radius 3 is 2.45 bits per heavy atom. The number of carbonyl (C=O) groups is 2. The van der Waals surface area contributed by atoms with E-state index in [4.69, 9.17) is 10.5 Å². The Labute approximate surface area is 142 Å². The van der Waals surface area contributed by atoms with Crippen LogP contribution in [0.15, 0.2) is 42.5 Å². The first-order chi connectivity index (χ1) is 10.5. The summed E-state index contributed by atoms with van der Waals surface area (Å²) < 4.78 is 6.49. The highest BCUT2D eigenvalue weighted by Gasteiger charge is 2.08. The molecule has 0 spiro atoms. The number of hydrogen-bond donors (Lipinski definition) is 2. The van der Waals surface area contributed by atoms with Gasteiger partial charge in [0.2, 0.25) is 5.91 Å². The normalized spacial score (nSPS) is 10.1. The Bertz CT molecular complexity index is 699. The first kappa shape index (κ1) is 16.3. The van der Waals surface area contributed by atoms with Gasteiger partial charge in [0.05, 0.1) is 0 Å². The van der Waals surface area contributed by atoms with Crippen molar-refractivity contribution in [3.05, 3.63) is 57.2 Å². The number of halogens is 1. The van der Waals surface area contributed by atoms with Crippen LogP contribution in [0, 0.1) is 10.5 Å². The maximum Gasteiger partial charge on any atom is 0.262 e. The topological polar surface area (TPSA) is 81.4 Å². The molecule has 0 fully saturated rings. The zero-order valence-corrected chi connectivity index (χ0v) is 14.1. The summed E-state index contributed by atoms with van der Waals surface area (Å²) in [5.41, 5.74) is 6.99. The Balaban J connectivity index is 1.93. The molecule has 0 atom stereocenters. The quantitative estimate of drug-likeness (QED) is 0.744. The van der Waals surface area contributed by atoms with E-state index >= 15 is 0 Å². The van der Waals surface area contributed by atoms with Crippen LogP contribution < -0.4 is 15.8 Å². The molecule has 2 aromatic rings. The molecule has 0 heterocycles. The Hall–Kier alpha value is -2.09. The third-order valence-electron chi connectivity index (χ3n) is 2.96. The van der Waals surface area contributed by atoms with Gasteiger partial charge in [-0.3, -0.25) is 9.59 Å². The molecule has 0 aliphatic heterocycles. The second-order valence-corrected chi connectivity index (χ2v) is 5.93. The van der Waals surface area contributed by atoms with E-state index in [1.165, 1.54) is 0 Å². The fourth-order valence-corrected chi connectivity index (χ4v) is 2.25. The number of carbonyl (C=O) groups excluding carboxylic acids is 2. The number of rotatable bonds is 5. The van der Waals surface area contributed by atoms with Crippen LogP contribution in [0.1, 0.15) is 15.9 Å². The summed E-state index contributed by atoms with van der Waals surface area (Å²) in [6.45, 7) is 1.68. The van der Waals surface area contributed by atoms with Crippen molar-refractivity contribution in [3.63, 3.8) is 0 Å². The van der Waals surface area contributed by atoms with Crippen LogP contribution in [0.3, 0.4) is 0 Å². The minimum Gasteiger partial charge on any atom is -0.484 e. The fourth-order valence-electron chi connectivity index (χ4n) is 1.89. The average Bonchev–Trinajstić information content (AvgIpc) is 2.46. The van der Waals surface area contributed by atoms with Gasteiger partial charge < -0.3 is 15.8 Å². The standard InChI is InChI=1S/C16H15IN2O3/c1-10-8-12(4-7-14(10)16(18)21)19-15(20)9-22-13-5-2-11(17)3-6-13/h2-8H,9H2,1H3,(H2,18,21)(H,19,20). The molecule has 0 aliphatic rings. The largest absolute Gasteiger partial charge is 0.484 e. The molecule has 0 radical (unpaired) electrons. The SMILES string of the molecule is Cc1cc(NC(=O)COc2ccc(I)cc2)ccc1C(N)=O. The second kappa shape index (κ2) is 7.26. The molecule has 0 saturated heterocycles. The summed E-state index contributed by atoms with van der Waals surface area (Å²) in [5.74, 6) is -0.127. The molecular formula is C16H15IN2O3. The maximum absolute atomic E-state index is 11.9. The van der Waals surface area contributed by atoms with E-state index in [1.807, 2.05) is 12.1 Å². The van der Waals surface area contributed by atoms with Gasteiger partial charge in [0.1, 0.15) is 5.75 Å². The first-order valence-electron chi connectivity index (χ1n) is 6.54. The van der Waals surface area contributed by atoms with E-state index in [0.29, 0.717) is 22.6 Å². The highest BCUT2D eigenvalue weighted by atomic mass is 127.